The molecule has 0 rings (SSSR count). The van der Waals surface area contributed by atoms with Crippen molar-refractivity contribution in [2.24, 2.45) is 0 Å². The smallest absolute Gasteiger partial charge is 0.118 e. The molecule has 1 N–H and O–H groups in total. The van der Waals surface area contributed by atoms with Crippen molar-refractivity contribution in [2.75, 3.05) is 0 Å². The van der Waals surface area contributed by atoms with Crippen molar-refractivity contribution in [3.8, 4) is 12.3 Å². The molecule has 0 spiro atoms. The van der Waals surface area contributed by atoms with Gasteiger partial charge in [0.05, 0.1) is 0 Å². The van der Waals surface area contributed by atoms with Gasteiger partial charge in [0.25, 0.3) is 0 Å². The summed E-state index contributed by atoms with van der Waals surface area (Å²) in [5, 5.41) is 9.13. The molecule has 0 aromatic carbocycles. The molecule has 0 bridgehead atoms. The van der Waals surface area contributed by atoms with Crippen LogP contribution in [-0.2, 0) is 0 Å². The first-order valence-electron chi connectivity index (χ1n) is 4.26. The Hall–Kier alpha value is -0.960. The molecular formula is C11H16O. The van der Waals surface area contributed by atoms with Crippen molar-refractivity contribution in [3.05, 3.63) is 17.9 Å². The second kappa shape index (κ2) is 6.73. The van der Waals surface area contributed by atoms with Gasteiger partial charge in [-0.1, -0.05) is 25.8 Å². The van der Waals surface area contributed by atoms with Crippen molar-refractivity contribution in [1.82, 2.24) is 0 Å². The summed E-state index contributed by atoms with van der Waals surface area (Å²) in [7, 11) is 0. The van der Waals surface area contributed by atoms with Gasteiger partial charge in [0.2, 0.25) is 0 Å². The topological polar surface area (TPSA) is 20.2 Å². The summed E-state index contributed by atoms with van der Waals surface area (Å²) in [6.45, 7) is 5.68. The fourth-order valence-electron chi connectivity index (χ4n) is 0.945. The van der Waals surface area contributed by atoms with E-state index in [2.05, 4.69) is 25.2 Å². The maximum absolute atomic E-state index is 9.13. The lowest BCUT2D eigenvalue weighted by atomic mass is 10.0. The van der Waals surface area contributed by atoms with Crippen LogP contribution in [0.15, 0.2) is 17.9 Å². The quantitative estimate of drug-likeness (QED) is 0.488. The van der Waals surface area contributed by atoms with Crippen molar-refractivity contribution in [1.29, 1.82) is 0 Å². The van der Waals surface area contributed by atoms with Crippen LogP contribution in [0.5, 0.6) is 0 Å². The molecule has 0 aliphatic carbocycles. The van der Waals surface area contributed by atoms with E-state index in [1.807, 2.05) is 0 Å². The number of aliphatic hydroxyl groups excluding tert-OH is 1. The Morgan fingerprint density at radius 3 is 2.75 bits per heavy atom. The summed E-state index contributed by atoms with van der Waals surface area (Å²) in [5.41, 5.74) is 3.84. The highest BCUT2D eigenvalue weighted by Crippen LogP contribution is 2.11. The molecule has 0 aliphatic rings. The van der Waals surface area contributed by atoms with E-state index in [0.29, 0.717) is 6.42 Å². The van der Waals surface area contributed by atoms with Gasteiger partial charge >= 0.3 is 0 Å². The fourth-order valence-corrected chi connectivity index (χ4v) is 0.945. The highest BCUT2D eigenvalue weighted by atomic mass is 16.3. The molecule has 0 aromatic rings. The molecule has 1 heteroatoms. The highest BCUT2D eigenvalue weighted by molar-refractivity contribution is 5.07. The zero-order valence-electron chi connectivity index (χ0n) is 7.64. The van der Waals surface area contributed by atoms with E-state index >= 15 is 0 Å². The lowest BCUT2D eigenvalue weighted by Crippen LogP contribution is -2.03. The summed E-state index contributed by atoms with van der Waals surface area (Å²) >= 11 is 0. The monoisotopic (exact) mass is 164 g/mol. The Morgan fingerprint density at radius 1 is 1.67 bits per heavy atom. The molecule has 12 heavy (non-hydrogen) atoms. The molecule has 0 aromatic heterocycles. The van der Waals surface area contributed by atoms with Gasteiger partial charge in [0, 0.05) is 6.42 Å². The first-order valence-corrected chi connectivity index (χ1v) is 4.26. The SMILES string of the molecule is C#C[C@H](O)CC(=C=C)CCCC. The van der Waals surface area contributed by atoms with Gasteiger partial charge in [-0.05, 0) is 18.4 Å². The second-order valence-corrected chi connectivity index (χ2v) is 2.77. The van der Waals surface area contributed by atoms with Crippen molar-refractivity contribution < 1.29 is 5.11 Å². The van der Waals surface area contributed by atoms with E-state index in [4.69, 9.17) is 11.5 Å². The number of unbranched alkanes of at least 4 members (excludes halogenated alkanes) is 1. The standard InChI is InChI=1S/C11H16O/c1-4-7-8-10(5-2)9-11(12)6-3/h3,11-12H,2,4,7-9H2,1H3/t11-/m0/s1. The molecule has 1 atom stereocenters. The molecule has 0 saturated carbocycles. The second-order valence-electron chi connectivity index (χ2n) is 2.77. The van der Waals surface area contributed by atoms with E-state index in [-0.39, 0.29) is 0 Å². The molecule has 0 unspecified atom stereocenters. The minimum atomic E-state index is -0.675. The maximum Gasteiger partial charge on any atom is 0.118 e. The molecule has 0 fully saturated rings. The zero-order valence-corrected chi connectivity index (χ0v) is 7.64. The molecule has 0 aliphatic heterocycles. The van der Waals surface area contributed by atoms with Gasteiger partial charge in [-0.25, -0.2) is 0 Å². The number of rotatable bonds is 5. The zero-order chi connectivity index (χ0) is 9.40. The van der Waals surface area contributed by atoms with Crippen molar-refractivity contribution in [3.63, 3.8) is 0 Å². The number of hydrogen-bond acceptors (Lipinski definition) is 1. The van der Waals surface area contributed by atoms with E-state index < -0.39 is 6.10 Å². The highest BCUT2D eigenvalue weighted by Gasteiger charge is 2.02. The summed E-state index contributed by atoms with van der Waals surface area (Å²) in [6.07, 6.45) is 8.07. The minimum absolute atomic E-state index is 0.514. The summed E-state index contributed by atoms with van der Waals surface area (Å²) < 4.78 is 0. The van der Waals surface area contributed by atoms with Crippen LogP contribution in [0.25, 0.3) is 0 Å². The number of aliphatic hydroxyl groups is 1. The molecular weight excluding hydrogens is 148 g/mol. The lowest BCUT2D eigenvalue weighted by Gasteiger charge is -2.05. The largest absolute Gasteiger partial charge is 0.380 e. The van der Waals surface area contributed by atoms with Crippen LogP contribution in [0.4, 0.5) is 0 Å². The third kappa shape index (κ3) is 4.79. The molecule has 0 amide bonds. The van der Waals surface area contributed by atoms with E-state index in [1.54, 1.807) is 0 Å². The molecule has 0 radical (unpaired) electrons. The van der Waals surface area contributed by atoms with Crippen LogP contribution in [0.3, 0.4) is 0 Å². The molecule has 1 nitrogen and oxygen atoms in total. The summed E-state index contributed by atoms with van der Waals surface area (Å²) in [5.74, 6) is 2.27. The van der Waals surface area contributed by atoms with Gasteiger partial charge in [0.1, 0.15) is 6.10 Å². The Bertz CT molecular complexity index is 204. The third-order valence-corrected chi connectivity index (χ3v) is 1.71. The van der Waals surface area contributed by atoms with Gasteiger partial charge in [-0.3, -0.25) is 0 Å². The van der Waals surface area contributed by atoms with Crippen LogP contribution in [0.2, 0.25) is 0 Å². The van der Waals surface area contributed by atoms with Crippen LogP contribution in [-0.4, -0.2) is 11.2 Å². The fraction of sp³-hybridized carbons (Fsp3) is 0.545. The number of hydrogen-bond donors (Lipinski definition) is 1. The third-order valence-electron chi connectivity index (χ3n) is 1.71. The average Bonchev–Trinajstić information content (AvgIpc) is 2.11. The first kappa shape index (κ1) is 11.0. The van der Waals surface area contributed by atoms with Crippen LogP contribution >= 0.6 is 0 Å². The normalized spacial score (nSPS) is 11.4. The summed E-state index contributed by atoms with van der Waals surface area (Å²) in [4.78, 5) is 0. The van der Waals surface area contributed by atoms with Crippen LogP contribution in [0, 0.1) is 12.3 Å². The predicted octanol–water partition coefficient (Wildman–Crippen LogP) is 2.27. The first-order chi connectivity index (χ1) is 5.74. The molecule has 0 heterocycles. The van der Waals surface area contributed by atoms with Crippen molar-refractivity contribution in [2.45, 2.75) is 38.7 Å². The van der Waals surface area contributed by atoms with Crippen LogP contribution < -0.4 is 0 Å². The van der Waals surface area contributed by atoms with Gasteiger partial charge in [-0.2, -0.15) is 0 Å². The Balaban J connectivity index is 3.87. The predicted molar refractivity (Wildman–Crippen MR) is 51.6 cm³/mol. The Morgan fingerprint density at radius 2 is 2.33 bits per heavy atom. The lowest BCUT2D eigenvalue weighted by molar-refractivity contribution is 0.232. The van der Waals surface area contributed by atoms with E-state index in [9.17, 15) is 0 Å². The summed E-state index contributed by atoms with van der Waals surface area (Å²) in [6, 6.07) is 0. The van der Waals surface area contributed by atoms with Crippen LogP contribution in [0.1, 0.15) is 32.6 Å². The van der Waals surface area contributed by atoms with Gasteiger partial charge in [0.15, 0.2) is 0 Å². The van der Waals surface area contributed by atoms with E-state index in [1.165, 1.54) is 0 Å². The molecule has 0 saturated heterocycles. The Labute approximate surface area is 74.8 Å². The van der Waals surface area contributed by atoms with Gasteiger partial charge < -0.3 is 5.11 Å². The average molecular weight is 164 g/mol. The van der Waals surface area contributed by atoms with Gasteiger partial charge in [-0.15, -0.1) is 12.2 Å². The van der Waals surface area contributed by atoms with E-state index in [0.717, 1.165) is 24.8 Å². The Kier molecular flexibility index (Phi) is 6.19. The minimum Gasteiger partial charge on any atom is -0.380 e. The molecule has 66 valence electrons. The number of terminal acetylenes is 1. The van der Waals surface area contributed by atoms with Crippen molar-refractivity contribution >= 4 is 0 Å². The maximum atomic E-state index is 9.13.